The van der Waals surface area contributed by atoms with Crippen LogP contribution in [0.25, 0.3) is 0 Å². The SMILES string of the molecule is CNC(=O)/C=C/CNC(=O)c1ccc(C(C)C)[nH]c1=O. The van der Waals surface area contributed by atoms with Crippen LogP contribution in [0.4, 0.5) is 0 Å². The van der Waals surface area contributed by atoms with Crippen LogP contribution in [0.15, 0.2) is 29.1 Å². The number of hydrogen-bond donors (Lipinski definition) is 3. The number of nitrogens with one attached hydrogen (secondary N) is 3. The van der Waals surface area contributed by atoms with Gasteiger partial charge in [0.2, 0.25) is 5.91 Å². The van der Waals surface area contributed by atoms with Gasteiger partial charge in [-0.3, -0.25) is 14.4 Å². The van der Waals surface area contributed by atoms with Gasteiger partial charge in [0, 0.05) is 25.4 Å². The standard InChI is InChI=1S/C14H19N3O3/c1-9(2)11-7-6-10(14(20)17-11)13(19)16-8-4-5-12(18)15-3/h4-7,9H,8H2,1-3H3,(H,15,18)(H,16,19)(H,17,20)/b5-4+. The van der Waals surface area contributed by atoms with Crippen LogP contribution in [0.3, 0.4) is 0 Å². The molecular formula is C14H19N3O3. The first kappa shape index (κ1) is 15.7. The molecule has 0 atom stereocenters. The topological polar surface area (TPSA) is 91.1 Å². The molecule has 0 fully saturated rings. The van der Waals surface area contributed by atoms with E-state index in [0.29, 0.717) is 0 Å². The zero-order valence-corrected chi connectivity index (χ0v) is 11.8. The van der Waals surface area contributed by atoms with E-state index in [2.05, 4.69) is 15.6 Å². The van der Waals surface area contributed by atoms with E-state index >= 15 is 0 Å². The van der Waals surface area contributed by atoms with E-state index in [1.54, 1.807) is 6.07 Å². The molecule has 108 valence electrons. The Hall–Kier alpha value is -2.37. The number of pyridine rings is 1. The summed E-state index contributed by atoms with van der Waals surface area (Å²) in [5.74, 6) is -0.531. The summed E-state index contributed by atoms with van der Waals surface area (Å²) in [6.07, 6.45) is 2.82. The first-order chi connectivity index (χ1) is 9.45. The highest BCUT2D eigenvalue weighted by atomic mass is 16.2. The van der Waals surface area contributed by atoms with Crippen LogP contribution in [0.5, 0.6) is 0 Å². The summed E-state index contributed by atoms with van der Waals surface area (Å²) in [6, 6.07) is 3.23. The minimum atomic E-state index is -0.469. The van der Waals surface area contributed by atoms with Crippen LogP contribution in [0, 0.1) is 0 Å². The highest BCUT2D eigenvalue weighted by Crippen LogP contribution is 2.08. The highest BCUT2D eigenvalue weighted by molar-refractivity contribution is 5.94. The average Bonchev–Trinajstić information content (AvgIpc) is 2.42. The molecule has 20 heavy (non-hydrogen) atoms. The summed E-state index contributed by atoms with van der Waals surface area (Å²) in [7, 11) is 1.51. The molecular weight excluding hydrogens is 258 g/mol. The Morgan fingerprint density at radius 2 is 2.05 bits per heavy atom. The van der Waals surface area contributed by atoms with Crippen LogP contribution in [0.1, 0.15) is 35.8 Å². The van der Waals surface area contributed by atoms with E-state index in [4.69, 9.17) is 0 Å². The molecule has 1 aromatic rings. The minimum absolute atomic E-state index is 0.0581. The predicted octanol–water partition coefficient (Wildman–Crippen LogP) is 0.530. The third-order valence-electron chi connectivity index (χ3n) is 2.69. The summed E-state index contributed by atoms with van der Waals surface area (Å²) >= 11 is 0. The second-order valence-electron chi connectivity index (χ2n) is 4.54. The molecule has 0 saturated carbocycles. The van der Waals surface area contributed by atoms with Crippen LogP contribution in [-0.2, 0) is 4.79 Å². The van der Waals surface area contributed by atoms with E-state index in [1.807, 2.05) is 13.8 Å². The normalized spacial score (nSPS) is 10.8. The highest BCUT2D eigenvalue weighted by Gasteiger charge is 2.10. The molecule has 0 radical (unpaired) electrons. The number of amides is 2. The van der Waals surface area contributed by atoms with Gasteiger partial charge in [-0.1, -0.05) is 19.9 Å². The first-order valence-electron chi connectivity index (χ1n) is 6.35. The van der Waals surface area contributed by atoms with Gasteiger partial charge in [-0.25, -0.2) is 0 Å². The van der Waals surface area contributed by atoms with Gasteiger partial charge in [-0.15, -0.1) is 0 Å². The fourth-order valence-corrected chi connectivity index (χ4v) is 1.50. The maximum absolute atomic E-state index is 11.8. The van der Waals surface area contributed by atoms with Crippen LogP contribution in [0.2, 0.25) is 0 Å². The Balaban J connectivity index is 2.67. The third kappa shape index (κ3) is 4.38. The van der Waals surface area contributed by atoms with Crippen LogP contribution >= 0.6 is 0 Å². The molecule has 0 spiro atoms. The van der Waals surface area contributed by atoms with Crippen molar-refractivity contribution in [2.75, 3.05) is 13.6 Å². The summed E-state index contributed by atoms with van der Waals surface area (Å²) in [4.78, 5) is 37.2. The zero-order valence-electron chi connectivity index (χ0n) is 11.8. The molecule has 0 aliphatic heterocycles. The summed E-state index contributed by atoms with van der Waals surface area (Å²) in [5, 5.41) is 4.96. The molecule has 0 aliphatic carbocycles. The Kier molecular flexibility index (Phi) is 5.71. The van der Waals surface area contributed by atoms with Crippen molar-refractivity contribution in [1.29, 1.82) is 0 Å². The lowest BCUT2D eigenvalue weighted by atomic mass is 10.1. The van der Waals surface area contributed by atoms with E-state index in [0.717, 1.165) is 5.69 Å². The number of rotatable bonds is 5. The molecule has 1 heterocycles. The summed E-state index contributed by atoms with van der Waals surface area (Å²) < 4.78 is 0. The second kappa shape index (κ2) is 7.28. The molecule has 2 amide bonds. The summed E-state index contributed by atoms with van der Waals surface area (Å²) in [6.45, 7) is 4.08. The molecule has 3 N–H and O–H groups in total. The van der Waals surface area contributed by atoms with Crippen molar-refractivity contribution in [3.05, 3.63) is 45.9 Å². The first-order valence-corrected chi connectivity index (χ1v) is 6.35. The Labute approximate surface area is 117 Å². The monoisotopic (exact) mass is 277 g/mol. The van der Waals surface area contributed by atoms with Crippen molar-refractivity contribution >= 4 is 11.8 Å². The molecule has 0 bridgehead atoms. The van der Waals surface area contributed by atoms with Gasteiger partial charge in [0.15, 0.2) is 0 Å². The molecule has 1 aromatic heterocycles. The van der Waals surface area contributed by atoms with Gasteiger partial charge < -0.3 is 15.6 Å². The molecule has 6 heteroatoms. The smallest absolute Gasteiger partial charge is 0.261 e. The van der Waals surface area contributed by atoms with Crippen molar-refractivity contribution in [2.24, 2.45) is 0 Å². The maximum atomic E-state index is 11.8. The van der Waals surface area contributed by atoms with Gasteiger partial charge in [0.05, 0.1) is 0 Å². The van der Waals surface area contributed by atoms with Gasteiger partial charge in [0.25, 0.3) is 11.5 Å². The third-order valence-corrected chi connectivity index (χ3v) is 2.69. The van der Waals surface area contributed by atoms with E-state index < -0.39 is 11.5 Å². The largest absolute Gasteiger partial charge is 0.356 e. The summed E-state index contributed by atoms with van der Waals surface area (Å²) in [5.41, 5.74) is 0.429. The minimum Gasteiger partial charge on any atom is -0.356 e. The number of carbonyl (C=O) groups excluding carboxylic acids is 2. The Bertz CT molecular complexity index is 573. The fraction of sp³-hybridized carbons (Fsp3) is 0.357. The molecule has 0 aromatic carbocycles. The van der Waals surface area contributed by atoms with Crippen LogP contribution in [-0.4, -0.2) is 30.4 Å². The van der Waals surface area contributed by atoms with Crippen molar-refractivity contribution in [1.82, 2.24) is 15.6 Å². The number of H-pyrrole nitrogens is 1. The number of hydrogen-bond acceptors (Lipinski definition) is 3. The maximum Gasteiger partial charge on any atom is 0.261 e. The van der Waals surface area contributed by atoms with Gasteiger partial charge in [-0.2, -0.15) is 0 Å². The van der Waals surface area contributed by atoms with E-state index in [-0.39, 0.29) is 23.9 Å². The second-order valence-corrected chi connectivity index (χ2v) is 4.54. The fourth-order valence-electron chi connectivity index (χ4n) is 1.50. The van der Waals surface area contributed by atoms with Crippen molar-refractivity contribution < 1.29 is 9.59 Å². The van der Waals surface area contributed by atoms with Gasteiger partial charge >= 0.3 is 0 Å². The van der Waals surface area contributed by atoms with Gasteiger partial charge in [-0.05, 0) is 18.1 Å². The molecule has 1 rings (SSSR count). The lowest BCUT2D eigenvalue weighted by molar-refractivity contribution is -0.116. The van der Waals surface area contributed by atoms with E-state index in [9.17, 15) is 14.4 Å². The predicted molar refractivity (Wildman–Crippen MR) is 76.7 cm³/mol. The lowest BCUT2D eigenvalue weighted by Crippen LogP contribution is -2.30. The molecule has 0 aliphatic rings. The molecule has 0 saturated heterocycles. The van der Waals surface area contributed by atoms with Gasteiger partial charge in [0.1, 0.15) is 5.56 Å². The van der Waals surface area contributed by atoms with Crippen LogP contribution < -0.4 is 16.2 Å². The number of likely N-dealkylation sites (N-methyl/N-ethyl adjacent to an activating group) is 1. The number of carbonyl (C=O) groups is 2. The number of aromatic amines is 1. The lowest BCUT2D eigenvalue weighted by Gasteiger charge is -2.06. The van der Waals surface area contributed by atoms with Crippen molar-refractivity contribution in [3.63, 3.8) is 0 Å². The van der Waals surface area contributed by atoms with Crippen molar-refractivity contribution in [3.8, 4) is 0 Å². The Morgan fingerprint density at radius 1 is 1.35 bits per heavy atom. The quantitative estimate of drug-likeness (QED) is 0.686. The Morgan fingerprint density at radius 3 is 2.60 bits per heavy atom. The molecule has 6 nitrogen and oxygen atoms in total. The number of aromatic nitrogens is 1. The molecule has 0 unspecified atom stereocenters. The van der Waals surface area contributed by atoms with E-state index in [1.165, 1.54) is 25.3 Å². The van der Waals surface area contributed by atoms with Crippen molar-refractivity contribution in [2.45, 2.75) is 19.8 Å². The average molecular weight is 277 g/mol. The zero-order chi connectivity index (χ0) is 15.1.